The molecule has 21 heavy (non-hydrogen) atoms. The Hall–Kier alpha value is -1.47. The van der Waals surface area contributed by atoms with Crippen LogP contribution in [0.15, 0.2) is 5.38 Å². The highest BCUT2D eigenvalue weighted by Crippen LogP contribution is 2.11. The molecule has 0 unspecified atom stereocenters. The van der Waals surface area contributed by atoms with Crippen LogP contribution < -0.4 is 0 Å². The number of rotatable bonds is 5. The van der Waals surface area contributed by atoms with Crippen LogP contribution in [0.4, 0.5) is 0 Å². The van der Waals surface area contributed by atoms with E-state index in [1.165, 1.54) is 7.11 Å². The third kappa shape index (κ3) is 4.78. The van der Waals surface area contributed by atoms with Gasteiger partial charge in [0.2, 0.25) is 5.91 Å². The van der Waals surface area contributed by atoms with E-state index in [2.05, 4.69) is 14.6 Å². The normalized spacial score (nSPS) is 16.0. The molecule has 1 aliphatic rings. The second-order valence-electron chi connectivity index (χ2n) is 5.08. The summed E-state index contributed by atoms with van der Waals surface area (Å²) in [6.07, 6.45) is 0.787. The molecule has 7 heteroatoms. The molecule has 116 valence electrons. The van der Waals surface area contributed by atoms with Crippen molar-refractivity contribution in [2.75, 3.05) is 39.8 Å². The maximum Gasteiger partial charge on any atom is 0.306 e. The molecule has 1 fully saturated rings. The number of carbonyl (C=O) groups is 2. The van der Waals surface area contributed by atoms with Crippen LogP contribution in [0.2, 0.25) is 0 Å². The lowest BCUT2D eigenvalue weighted by Crippen LogP contribution is -2.49. The number of piperazine rings is 1. The third-order valence-electron chi connectivity index (χ3n) is 3.58. The van der Waals surface area contributed by atoms with Gasteiger partial charge >= 0.3 is 5.97 Å². The van der Waals surface area contributed by atoms with E-state index in [0.29, 0.717) is 32.5 Å². The maximum absolute atomic E-state index is 12.2. The summed E-state index contributed by atoms with van der Waals surface area (Å²) >= 11 is 1.57. The van der Waals surface area contributed by atoms with E-state index in [9.17, 15) is 9.59 Å². The van der Waals surface area contributed by atoms with Gasteiger partial charge in [0.15, 0.2) is 0 Å². The fraction of sp³-hybridized carbons (Fsp3) is 0.643. The van der Waals surface area contributed by atoms with Crippen molar-refractivity contribution in [3.8, 4) is 0 Å². The van der Waals surface area contributed by atoms with Crippen molar-refractivity contribution in [2.24, 2.45) is 0 Å². The van der Waals surface area contributed by atoms with E-state index in [1.54, 1.807) is 11.3 Å². The summed E-state index contributed by atoms with van der Waals surface area (Å²) in [5, 5.41) is 2.94. The molecule has 2 heterocycles. The van der Waals surface area contributed by atoms with Gasteiger partial charge in [-0.05, 0) is 6.92 Å². The molecule has 0 bridgehead atoms. The number of methoxy groups -OCH3 is 1. The van der Waals surface area contributed by atoms with Crippen molar-refractivity contribution in [3.05, 3.63) is 16.1 Å². The number of aryl methyl sites for hydroxylation is 1. The number of aromatic nitrogens is 1. The summed E-state index contributed by atoms with van der Waals surface area (Å²) in [4.78, 5) is 31.7. The zero-order valence-electron chi connectivity index (χ0n) is 12.5. The Morgan fingerprint density at radius 1 is 1.33 bits per heavy atom. The van der Waals surface area contributed by atoms with Gasteiger partial charge in [0.1, 0.15) is 0 Å². The summed E-state index contributed by atoms with van der Waals surface area (Å²) < 4.78 is 4.63. The highest BCUT2D eigenvalue weighted by molar-refractivity contribution is 7.09. The van der Waals surface area contributed by atoms with Crippen LogP contribution in [0.1, 0.15) is 17.1 Å². The summed E-state index contributed by atoms with van der Waals surface area (Å²) in [5.74, 6) is -0.0553. The summed E-state index contributed by atoms with van der Waals surface area (Å²) in [5.41, 5.74) is 0.857. The topological polar surface area (TPSA) is 62.7 Å². The first kappa shape index (κ1) is 15.9. The Morgan fingerprint density at radius 3 is 2.62 bits per heavy atom. The molecule has 0 aromatic carbocycles. The van der Waals surface area contributed by atoms with Crippen molar-refractivity contribution in [3.63, 3.8) is 0 Å². The van der Waals surface area contributed by atoms with Crippen LogP contribution in [0.5, 0.6) is 0 Å². The van der Waals surface area contributed by atoms with Gasteiger partial charge in [-0.3, -0.25) is 14.5 Å². The molecule has 2 rings (SSSR count). The third-order valence-corrected chi connectivity index (χ3v) is 4.41. The van der Waals surface area contributed by atoms with Crippen LogP contribution in [0.3, 0.4) is 0 Å². The Balaban J connectivity index is 1.73. The average Bonchev–Trinajstić information content (AvgIpc) is 2.90. The minimum absolute atomic E-state index is 0.132. The summed E-state index contributed by atoms with van der Waals surface area (Å²) in [7, 11) is 1.40. The Bertz CT molecular complexity index is 495. The molecule has 0 radical (unpaired) electrons. The van der Waals surface area contributed by atoms with Crippen LogP contribution in [0.25, 0.3) is 0 Å². The molecule has 1 aliphatic heterocycles. The number of hydrogen-bond donors (Lipinski definition) is 0. The molecule has 0 spiro atoms. The number of nitrogens with zero attached hydrogens (tertiary/aromatic N) is 3. The number of amides is 1. The second-order valence-corrected chi connectivity index (χ2v) is 6.15. The van der Waals surface area contributed by atoms with E-state index < -0.39 is 0 Å². The molecule has 1 amide bonds. The van der Waals surface area contributed by atoms with E-state index in [0.717, 1.165) is 23.8 Å². The summed E-state index contributed by atoms with van der Waals surface area (Å²) in [6, 6.07) is 0. The van der Waals surface area contributed by atoms with Gasteiger partial charge in [0, 0.05) is 38.1 Å². The van der Waals surface area contributed by atoms with Crippen LogP contribution in [-0.2, 0) is 20.7 Å². The monoisotopic (exact) mass is 311 g/mol. The van der Waals surface area contributed by atoms with Gasteiger partial charge < -0.3 is 9.64 Å². The second kappa shape index (κ2) is 7.51. The van der Waals surface area contributed by atoms with Crippen molar-refractivity contribution in [2.45, 2.75) is 19.8 Å². The number of carbonyl (C=O) groups excluding carboxylic acids is 2. The van der Waals surface area contributed by atoms with E-state index >= 15 is 0 Å². The fourth-order valence-corrected chi connectivity index (χ4v) is 2.94. The molecular weight excluding hydrogens is 290 g/mol. The van der Waals surface area contributed by atoms with Gasteiger partial charge in [-0.2, -0.15) is 0 Å². The van der Waals surface area contributed by atoms with Crippen LogP contribution in [0, 0.1) is 6.92 Å². The van der Waals surface area contributed by atoms with Crippen molar-refractivity contribution in [1.82, 2.24) is 14.8 Å². The van der Waals surface area contributed by atoms with Gasteiger partial charge in [0.25, 0.3) is 0 Å². The van der Waals surface area contributed by atoms with Gasteiger partial charge in [-0.1, -0.05) is 0 Å². The minimum Gasteiger partial charge on any atom is -0.469 e. The van der Waals surface area contributed by atoms with Crippen molar-refractivity contribution in [1.29, 1.82) is 0 Å². The highest BCUT2D eigenvalue weighted by atomic mass is 32.1. The number of hydrogen-bond acceptors (Lipinski definition) is 6. The number of esters is 1. The predicted molar refractivity (Wildman–Crippen MR) is 80.2 cm³/mol. The average molecular weight is 311 g/mol. The molecule has 1 saturated heterocycles. The smallest absolute Gasteiger partial charge is 0.306 e. The largest absolute Gasteiger partial charge is 0.469 e. The van der Waals surface area contributed by atoms with E-state index in [4.69, 9.17) is 0 Å². The molecule has 0 aliphatic carbocycles. The molecule has 0 atom stereocenters. The van der Waals surface area contributed by atoms with Crippen LogP contribution >= 0.6 is 11.3 Å². The van der Waals surface area contributed by atoms with Crippen LogP contribution in [-0.4, -0.2) is 66.5 Å². The van der Waals surface area contributed by atoms with Gasteiger partial charge in [-0.15, -0.1) is 11.3 Å². The Morgan fingerprint density at radius 2 is 2.05 bits per heavy atom. The number of thiazole rings is 1. The molecule has 1 aromatic heterocycles. The Labute approximate surface area is 128 Å². The first-order chi connectivity index (χ1) is 10.1. The molecule has 1 aromatic rings. The quantitative estimate of drug-likeness (QED) is 0.749. The van der Waals surface area contributed by atoms with E-state index in [-0.39, 0.29) is 11.9 Å². The van der Waals surface area contributed by atoms with Crippen molar-refractivity contribution < 1.29 is 14.3 Å². The molecule has 0 saturated carbocycles. The SMILES string of the molecule is COC(=O)CCN1CCN(C(=O)Cc2csc(C)n2)CC1. The predicted octanol–water partition coefficient (Wildman–Crippen LogP) is 0.701. The van der Waals surface area contributed by atoms with Crippen molar-refractivity contribution >= 4 is 23.2 Å². The van der Waals surface area contributed by atoms with Gasteiger partial charge in [-0.25, -0.2) is 4.98 Å². The first-order valence-corrected chi connectivity index (χ1v) is 7.94. The lowest BCUT2D eigenvalue weighted by Gasteiger charge is -2.34. The first-order valence-electron chi connectivity index (χ1n) is 7.06. The number of ether oxygens (including phenoxy) is 1. The zero-order chi connectivity index (χ0) is 15.2. The lowest BCUT2D eigenvalue weighted by atomic mass is 10.2. The maximum atomic E-state index is 12.2. The molecule has 0 N–H and O–H groups in total. The molecule has 6 nitrogen and oxygen atoms in total. The highest BCUT2D eigenvalue weighted by Gasteiger charge is 2.22. The van der Waals surface area contributed by atoms with Gasteiger partial charge in [0.05, 0.1) is 30.7 Å². The molecular formula is C14H21N3O3S. The fourth-order valence-electron chi connectivity index (χ4n) is 2.33. The minimum atomic E-state index is -0.188. The standard InChI is InChI=1S/C14H21N3O3S/c1-11-15-12(10-21-11)9-13(18)17-7-5-16(6-8-17)4-3-14(19)20-2/h10H,3-9H2,1-2H3. The lowest BCUT2D eigenvalue weighted by molar-refractivity contribution is -0.141. The summed E-state index contributed by atoms with van der Waals surface area (Å²) in [6.45, 7) is 5.67. The Kier molecular flexibility index (Phi) is 5.69. The van der Waals surface area contributed by atoms with E-state index in [1.807, 2.05) is 17.2 Å². The zero-order valence-corrected chi connectivity index (χ0v) is 13.3.